The fraction of sp³-hybridized carbons (Fsp3) is 0.321. The Balaban J connectivity index is 1.30. The first kappa shape index (κ1) is 25.0. The van der Waals surface area contributed by atoms with E-state index in [1.54, 1.807) is 18.2 Å². The van der Waals surface area contributed by atoms with Crippen LogP contribution in [-0.2, 0) is 16.1 Å². The van der Waals surface area contributed by atoms with E-state index in [-0.39, 0.29) is 24.3 Å². The fourth-order valence-electron chi connectivity index (χ4n) is 4.36. The third-order valence-corrected chi connectivity index (χ3v) is 6.07. The predicted molar refractivity (Wildman–Crippen MR) is 134 cm³/mol. The minimum Gasteiger partial charge on any atom is -0.486 e. The Morgan fingerprint density at radius 1 is 1.00 bits per heavy atom. The predicted octanol–water partition coefficient (Wildman–Crippen LogP) is 3.72. The van der Waals surface area contributed by atoms with Crippen LogP contribution in [0.1, 0.15) is 43.2 Å². The lowest BCUT2D eigenvalue weighted by Crippen LogP contribution is -2.33. The highest BCUT2D eigenvalue weighted by atomic mass is 16.6. The monoisotopic (exact) mass is 490 g/mol. The van der Waals surface area contributed by atoms with Gasteiger partial charge in [-0.25, -0.2) is 0 Å². The highest BCUT2D eigenvalue weighted by molar-refractivity contribution is 6.00. The number of Topliss-reactive ketones (excluding diaryl/α,β-unsaturated/α-hetero) is 1. The van der Waals surface area contributed by atoms with Gasteiger partial charge in [0.1, 0.15) is 13.2 Å². The number of aromatic nitrogens is 1. The number of nitrogens with zero attached hydrogens (tertiary/aromatic N) is 1. The molecule has 0 radical (unpaired) electrons. The highest BCUT2D eigenvalue weighted by Gasteiger charge is 2.24. The molecular formula is C28H30N2O6. The van der Waals surface area contributed by atoms with Crippen molar-refractivity contribution >= 4 is 17.7 Å². The van der Waals surface area contributed by atoms with E-state index in [0.29, 0.717) is 30.0 Å². The van der Waals surface area contributed by atoms with Gasteiger partial charge in [0.2, 0.25) is 5.78 Å². The lowest BCUT2D eigenvalue weighted by atomic mass is 10.1. The van der Waals surface area contributed by atoms with E-state index in [9.17, 15) is 14.4 Å². The van der Waals surface area contributed by atoms with Crippen LogP contribution in [-0.4, -0.2) is 48.1 Å². The Morgan fingerprint density at radius 3 is 2.42 bits per heavy atom. The van der Waals surface area contributed by atoms with Crippen LogP contribution in [0.5, 0.6) is 11.5 Å². The number of ketones is 1. The zero-order valence-electron chi connectivity index (χ0n) is 20.9. The lowest BCUT2D eigenvalue weighted by Gasteiger charge is -2.27. The lowest BCUT2D eigenvalue weighted by molar-refractivity contribution is -0.141. The van der Waals surface area contributed by atoms with Gasteiger partial charge in [0.05, 0.1) is 6.54 Å². The van der Waals surface area contributed by atoms with Crippen LogP contribution in [0.15, 0.2) is 48.5 Å². The molecule has 1 aromatic heterocycles. The van der Waals surface area contributed by atoms with E-state index in [4.69, 9.17) is 14.2 Å². The van der Waals surface area contributed by atoms with Gasteiger partial charge in [-0.1, -0.05) is 29.3 Å². The number of carbonyl (C=O) groups is 3. The number of hydrogen-bond donors (Lipinski definition) is 1. The number of rotatable bonds is 8. The van der Waals surface area contributed by atoms with Crippen molar-refractivity contribution in [2.24, 2.45) is 0 Å². The minimum atomic E-state index is -0.679. The Kier molecular flexibility index (Phi) is 7.43. The molecule has 1 atom stereocenters. The SMILES string of the molecule is Cc1cc(C)cc(C(=O)NCC(=O)OCC(=O)c2cc(C)n(C[C@@H]3COc4ccccc4O3)c2C)c1. The summed E-state index contributed by atoms with van der Waals surface area (Å²) in [5.74, 6) is 0.0579. The number of benzene rings is 2. The smallest absolute Gasteiger partial charge is 0.325 e. The summed E-state index contributed by atoms with van der Waals surface area (Å²) in [6, 6.07) is 14.8. The molecule has 36 heavy (non-hydrogen) atoms. The van der Waals surface area contributed by atoms with Crippen LogP contribution in [0.3, 0.4) is 0 Å². The van der Waals surface area contributed by atoms with Crippen molar-refractivity contribution in [3.05, 3.63) is 82.2 Å². The molecule has 1 N–H and O–H groups in total. The summed E-state index contributed by atoms with van der Waals surface area (Å²) in [5.41, 5.74) is 4.53. The molecular weight excluding hydrogens is 460 g/mol. The van der Waals surface area contributed by atoms with Gasteiger partial charge in [0, 0.05) is 22.5 Å². The van der Waals surface area contributed by atoms with Crippen LogP contribution < -0.4 is 14.8 Å². The molecule has 0 aliphatic carbocycles. The van der Waals surface area contributed by atoms with Crippen LogP contribution in [0.4, 0.5) is 0 Å². The van der Waals surface area contributed by atoms with E-state index in [0.717, 1.165) is 28.3 Å². The molecule has 0 bridgehead atoms. The molecule has 3 aromatic rings. The summed E-state index contributed by atoms with van der Waals surface area (Å²) in [5, 5.41) is 2.54. The van der Waals surface area contributed by atoms with Crippen LogP contribution in [0, 0.1) is 27.7 Å². The van der Waals surface area contributed by atoms with Crippen LogP contribution >= 0.6 is 0 Å². The van der Waals surface area contributed by atoms with Crippen molar-refractivity contribution in [3.8, 4) is 11.5 Å². The van der Waals surface area contributed by atoms with Gasteiger partial charge in [-0.3, -0.25) is 14.4 Å². The summed E-state index contributed by atoms with van der Waals surface area (Å²) in [6.45, 7) is 7.76. The highest BCUT2D eigenvalue weighted by Crippen LogP contribution is 2.31. The van der Waals surface area contributed by atoms with E-state index in [1.807, 2.05) is 62.6 Å². The first-order valence-electron chi connectivity index (χ1n) is 11.8. The molecule has 2 aromatic carbocycles. The second kappa shape index (κ2) is 10.7. The van der Waals surface area contributed by atoms with Crippen molar-refractivity contribution in [1.82, 2.24) is 9.88 Å². The van der Waals surface area contributed by atoms with Gasteiger partial charge in [0.25, 0.3) is 5.91 Å². The fourth-order valence-corrected chi connectivity index (χ4v) is 4.36. The van der Waals surface area contributed by atoms with Crippen molar-refractivity contribution in [2.45, 2.75) is 40.3 Å². The maximum absolute atomic E-state index is 12.8. The van der Waals surface area contributed by atoms with Crippen molar-refractivity contribution in [2.75, 3.05) is 19.8 Å². The third-order valence-electron chi connectivity index (χ3n) is 6.07. The Hall–Kier alpha value is -4.07. The molecule has 2 heterocycles. The molecule has 8 nitrogen and oxygen atoms in total. The van der Waals surface area contributed by atoms with Crippen LogP contribution in [0.2, 0.25) is 0 Å². The number of esters is 1. The molecule has 0 spiro atoms. The first-order chi connectivity index (χ1) is 17.2. The Labute approximate surface area is 210 Å². The second-order valence-electron chi connectivity index (χ2n) is 9.04. The summed E-state index contributed by atoms with van der Waals surface area (Å²) >= 11 is 0. The average molecular weight is 491 g/mol. The number of para-hydroxylation sites is 2. The largest absolute Gasteiger partial charge is 0.486 e. The second-order valence-corrected chi connectivity index (χ2v) is 9.04. The zero-order chi connectivity index (χ0) is 25.8. The summed E-state index contributed by atoms with van der Waals surface area (Å²) in [7, 11) is 0. The number of amides is 1. The summed E-state index contributed by atoms with van der Waals surface area (Å²) < 4.78 is 19.0. The van der Waals surface area contributed by atoms with Gasteiger partial charge < -0.3 is 24.1 Å². The van der Waals surface area contributed by atoms with E-state index in [1.165, 1.54) is 0 Å². The Bertz CT molecular complexity index is 1290. The molecule has 1 amide bonds. The average Bonchev–Trinajstić information content (AvgIpc) is 3.13. The number of nitrogens with one attached hydrogen (secondary N) is 1. The molecule has 1 aliphatic heterocycles. The molecule has 0 saturated heterocycles. The van der Waals surface area contributed by atoms with Crippen molar-refractivity contribution < 1.29 is 28.6 Å². The Morgan fingerprint density at radius 2 is 1.69 bits per heavy atom. The van der Waals surface area contributed by atoms with E-state index < -0.39 is 12.6 Å². The molecule has 0 fully saturated rings. The van der Waals surface area contributed by atoms with Gasteiger partial charge in [-0.05, 0) is 58.0 Å². The van der Waals surface area contributed by atoms with Gasteiger partial charge in [-0.15, -0.1) is 0 Å². The minimum absolute atomic E-state index is 0.203. The standard InChI is InChI=1S/C28H30N2O6/c1-17-9-18(2)11-21(10-17)28(33)29-13-27(32)35-16-24(31)23-12-19(3)30(20(23)4)14-22-15-34-25-7-5-6-8-26(25)36-22/h5-12,22H,13-16H2,1-4H3,(H,29,33)/t22-/m1/s1. The molecule has 8 heteroatoms. The first-order valence-corrected chi connectivity index (χ1v) is 11.8. The zero-order valence-corrected chi connectivity index (χ0v) is 20.9. The van der Waals surface area contributed by atoms with Crippen molar-refractivity contribution in [3.63, 3.8) is 0 Å². The number of ether oxygens (including phenoxy) is 3. The van der Waals surface area contributed by atoms with Crippen LogP contribution in [0.25, 0.3) is 0 Å². The number of hydrogen-bond acceptors (Lipinski definition) is 6. The van der Waals surface area contributed by atoms with E-state index in [2.05, 4.69) is 5.32 Å². The third kappa shape index (κ3) is 5.76. The molecule has 4 rings (SSSR count). The van der Waals surface area contributed by atoms with Gasteiger partial charge in [0.15, 0.2) is 24.2 Å². The number of fused-ring (bicyclic) bond motifs is 1. The van der Waals surface area contributed by atoms with Gasteiger partial charge >= 0.3 is 5.97 Å². The summed E-state index contributed by atoms with van der Waals surface area (Å²) in [4.78, 5) is 37.3. The molecule has 0 unspecified atom stereocenters. The number of carbonyl (C=O) groups excluding carboxylic acids is 3. The molecule has 1 aliphatic rings. The number of aryl methyl sites for hydroxylation is 3. The maximum Gasteiger partial charge on any atom is 0.325 e. The van der Waals surface area contributed by atoms with Gasteiger partial charge in [-0.2, -0.15) is 0 Å². The maximum atomic E-state index is 12.8. The van der Waals surface area contributed by atoms with Crippen molar-refractivity contribution in [1.29, 1.82) is 0 Å². The normalized spacial score (nSPS) is 14.3. The molecule has 188 valence electrons. The summed E-state index contributed by atoms with van der Waals surface area (Å²) in [6.07, 6.45) is -0.203. The molecule has 0 saturated carbocycles. The topological polar surface area (TPSA) is 95.9 Å². The quantitative estimate of drug-likeness (QED) is 0.382. The van der Waals surface area contributed by atoms with E-state index >= 15 is 0 Å².